The van der Waals surface area contributed by atoms with Crippen LogP contribution in [0.3, 0.4) is 0 Å². The number of ether oxygens (including phenoxy) is 3. The smallest absolute Gasteiger partial charge is 0.328 e. The highest BCUT2D eigenvalue weighted by atomic mass is 16.6. The number of hydrogen-bond donors (Lipinski definition) is 3. The summed E-state index contributed by atoms with van der Waals surface area (Å²) in [5.41, 5.74) is 0. The Morgan fingerprint density at radius 3 is 1.54 bits per heavy atom. The maximum Gasteiger partial charge on any atom is 0.328 e. The lowest BCUT2D eigenvalue weighted by atomic mass is 9.86. The lowest BCUT2D eigenvalue weighted by Crippen LogP contribution is -2.48. The van der Waals surface area contributed by atoms with Crippen molar-refractivity contribution in [1.82, 2.24) is 10.6 Å². The third-order valence-electron chi connectivity index (χ3n) is 14.1. The number of aliphatic hydroxyl groups is 1. The Morgan fingerprint density at radius 1 is 0.618 bits per heavy atom. The van der Waals surface area contributed by atoms with Crippen LogP contribution in [0.15, 0.2) is 12.3 Å². The van der Waals surface area contributed by atoms with Crippen LogP contribution < -0.4 is 10.6 Å². The van der Waals surface area contributed by atoms with E-state index in [2.05, 4.69) is 58.8 Å². The van der Waals surface area contributed by atoms with Gasteiger partial charge in [-0.25, -0.2) is 4.79 Å². The minimum absolute atomic E-state index is 0.0961. The molecular formula is C58H108N2O8. The van der Waals surface area contributed by atoms with Gasteiger partial charge in [-0.1, -0.05) is 216 Å². The van der Waals surface area contributed by atoms with E-state index in [0.29, 0.717) is 44.3 Å². The fourth-order valence-electron chi connectivity index (χ4n) is 9.85. The van der Waals surface area contributed by atoms with Crippen molar-refractivity contribution >= 4 is 24.3 Å². The van der Waals surface area contributed by atoms with Crippen molar-refractivity contribution in [3.8, 4) is 0 Å². The molecule has 1 fully saturated rings. The van der Waals surface area contributed by atoms with Gasteiger partial charge < -0.3 is 30.0 Å². The van der Waals surface area contributed by atoms with E-state index in [9.17, 15) is 24.3 Å². The number of hydrogen-bond acceptors (Lipinski definition) is 8. The van der Waals surface area contributed by atoms with Crippen LogP contribution in [0.1, 0.15) is 274 Å². The largest absolute Gasteiger partial charge is 0.493 e. The Balaban J connectivity index is 3.28. The number of aliphatic hydroxyl groups excluding tert-OH is 1. The van der Waals surface area contributed by atoms with Gasteiger partial charge in [0.15, 0.2) is 0 Å². The van der Waals surface area contributed by atoms with Crippen molar-refractivity contribution in [3.05, 3.63) is 12.3 Å². The highest BCUT2D eigenvalue weighted by Gasteiger charge is 2.43. The molecule has 10 nitrogen and oxygen atoms in total. The summed E-state index contributed by atoms with van der Waals surface area (Å²) < 4.78 is 18.7. The molecular weight excluding hydrogens is 853 g/mol. The van der Waals surface area contributed by atoms with Gasteiger partial charge in [0.1, 0.15) is 30.1 Å². The third kappa shape index (κ3) is 30.2. The van der Waals surface area contributed by atoms with Gasteiger partial charge in [0.2, 0.25) is 12.3 Å². The van der Waals surface area contributed by atoms with Gasteiger partial charge in [0, 0.05) is 12.8 Å². The first-order valence-electron chi connectivity index (χ1n) is 28.8. The minimum atomic E-state index is -1.05. The minimum Gasteiger partial charge on any atom is -0.493 e. The first kappa shape index (κ1) is 63.4. The zero-order chi connectivity index (χ0) is 50.4. The second-order valence-corrected chi connectivity index (χ2v) is 21.6. The van der Waals surface area contributed by atoms with Crippen molar-refractivity contribution in [2.45, 2.75) is 310 Å². The Labute approximate surface area is 418 Å². The molecule has 1 aliphatic heterocycles. The Hall–Kier alpha value is -2.62. The summed E-state index contributed by atoms with van der Waals surface area (Å²) >= 11 is 0. The molecule has 1 heterocycles. The van der Waals surface area contributed by atoms with E-state index < -0.39 is 36.2 Å². The highest BCUT2D eigenvalue weighted by molar-refractivity contribution is 5.80. The highest BCUT2D eigenvalue weighted by Crippen LogP contribution is 2.34. The first-order valence-corrected chi connectivity index (χ1v) is 28.8. The number of carbonyl (C=O) groups excluding carboxylic acids is 4. The van der Waals surface area contributed by atoms with E-state index in [4.69, 9.17) is 14.2 Å². The van der Waals surface area contributed by atoms with Crippen LogP contribution >= 0.6 is 0 Å². The molecule has 0 aromatic carbocycles. The van der Waals surface area contributed by atoms with Crippen LogP contribution in [-0.4, -0.2) is 65.9 Å². The molecule has 0 spiro atoms. The lowest BCUT2D eigenvalue weighted by Gasteiger charge is -2.38. The Kier molecular flexibility index (Phi) is 38.3. The van der Waals surface area contributed by atoms with Gasteiger partial charge in [-0.2, -0.15) is 0 Å². The summed E-state index contributed by atoms with van der Waals surface area (Å²) in [6.45, 7) is 21.5. The number of carbonyl (C=O) groups is 4. The lowest BCUT2D eigenvalue weighted by molar-refractivity contribution is -0.189. The Morgan fingerprint density at radius 2 is 1.06 bits per heavy atom. The van der Waals surface area contributed by atoms with E-state index in [1.54, 1.807) is 0 Å². The Bertz CT molecular complexity index is 1290. The van der Waals surface area contributed by atoms with Gasteiger partial charge in [-0.15, -0.1) is 0 Å². The standard InChI is InChI=1S/C58H108N2O8/c1-10-14-18-22-24-26-28-30-32-36-48(67-58(65)53(59-44-61)41-46(7)8)42-54(62)50(38-34-20-16-12-3)56(63)60-52(40-45(5)6)47(9)66-49(37-33-31-29-27-25-23-19-15-11-2)43-55-51(57(64)68-55)39-35-21-17-13-4/h44-46,48-55,62H,9-43H2,1-8H3,(H,59,61)(H,60,63)/t48-,49-,50?,51-,52-,53-,54?,55?/m0/s1. The number of nitrogens with one attached hydrogen (secondary N) is 2. The summed E-state index contributed by atoms with van der Waals surface area (Å²) in [5, 5.41) is 18.1. The van der Waals surface area contributed by atoms with Gasteiger partial charge >= 0.3 is 11.9 Å². The zero-order valence-electron chi connectivity index (χ0n) is 45.4. The summed E-state index contributed by atoms with van der Waals surface area (Å²) in [6, 6.07) is -1.25. The summed E-state index contributed by atoms with van der Waals surface area (Å²) in [6.07, 6.45) is 32.8. The van der Waals surface area contributed by atoms with Crippen molar-refractivity contribution in [3.63, 3.8) is 0 Å². The molecule has 0 aromatic heterocycles. The van der Waals surface area contributed by atoms with E-state index >= 15 is 0 Å². The summed E-state index contributed by atoms with van der Waals surface area (Å²) in [7, 11) is 0. The average Bonchev–Trinajstić information content (AvgIpc) is 3.29. The molecule has 0 bridgehead atoms. The van der Waals surface area contributed by atoms with Gasteiger partial charge in [-0.3, -0.25) is 14.4 Å². The number of cyclic esters (lactones) is 1. The number of esters is 2. The van der Waals surface area contributed by atoms with Crippen molar-refractivity contribution < 1.29 is 38.5 Å². The first-order chi connectivity index (χ1) is 32.8. The van der Waals surface area contributed by atoms with Crippen LogP contribution in [0.2, 0.25) is 0 Å². The molecule has 1 aliphatic rings. The molecule has 1 rings (SSSR count). The molecule has 398 valence electrons. The average molecular weight is 962 g/mol. The van der Waals surface area contributed by atoms with E-state index in [1.807, 2.05) is 13.8 Å². The molecule has 3 N–H and O–H groups in total. The van der Waals surface area contributed by atoms with Gasteiger partial charge in [0.25, 0.3) is 0 Å². The van der Waals surface area contributed by atoms with Crippen LogP contribution in [0.25, 0.3) is 0 Å². The summed E-state index contributed by atoms with van der Waals surface area (Å²) in [4.78, 5) is 52.4. The van der Waals surface area contributed by atoms with Crippen LogP contribution in [0.4, 0.5) is 0 Å². The van der Waals surface area contributed by atoms with E-state index in [0.717, 1.165) is 89.9 Å². The monoisotopic (exact) mass is 961 g/mol. The third-order valence-corrected chi connectivity index (χ3v) is 14.1. The van der Waals surface area contributed by atoms with Crippen molar-refractivity contribution in [2.75, 3.05) is 0 Å². The zero-order valence-corrected chi connectivity index (χ0v) is 45.4. The molecule has 2 amide bonds. The molecule has 0 aromatic rings. The van der Waals surface area contributed by atoms with Gasteiger partial charge in [-0.05, 0) is 63.2 Å². The quantitative estimate of drug-likeness (QED) is 0.0237. The topological polar surface area (TPSA) is 140 Å². The maximum atomic E-state index is 14.6. The molecule has 0 aliphatic carbocycles. The predicted molar refractivity (Wildman–Crippen MR) is 281 cm³/mol. The number of rotatable bonds is 48. The molecule has 8 atom stereocenters. The van der Waals surface area contributed by atoms with E-state index in [1.165, 1.54) is 89.9 Å². The number of unbranched alkanes of at least 4 members (excludes halogenated alkanes) is 22. The molecule has 3 unspecified atom stereocenters. The maximum absolute atomic E-state index is 14.6. The fraction of sp³-hybridized carbons (Fsp3) is 0.897. The second-order valence-electron chi connectivity index (χ2n) is 21.6. The molecule has 1 saturated heterocycles. The predicted octanol–water partition coefficient (Wildman–Crippen LogP) is 14.6. The molecule has 0 saturated carbocycles. The second kappa shape index (κ2) is 41.0. The SMILES string of the molecule is C=C(O[C@@H](CCCCCCCCCCC)CC1OC(=O)[C@H]1CCCCCC)[C@H](CC(C)C)NC(=O)C(CCCCCC)C(O)C[C@H](CCCCCCCCCCC)OC(=O)[C@H](CC(C)C)NC=O. The fourth-order valence-corrected chi connectivity index (χ4v) is 9.85. The van der Waals surface area contributed by atoms with Crippen LogP contribution in [0, 0.1) is 23.7 Å². The van der Waals surface area contributed by atoms with E-state index in [-0.39, 0.29) is 48.3 Å². The van der Waals surface area contributed by atoms with Crippen molar-refractivity contribution in [1.29, 1.82) is 0 Å². The van der Waals surface area contributed by atoms with Crippen molar-refractivity contribution in [2.24, 2.45) is 23.7 Å². The number of amides is 2. The normalized spacial score (nSPS) is 17.4. The molecule has 0 radical (unpaired) electrons. The van der Waals surface area contributed by atoms with Crippen LogP contribution in [-0.2, 0) is 33.4 Å². The van der Waals surface area contributed by atoms with Crippen LogP contribution in [0.5, 0.6) is 0 Å². The molecule has 68 heavy (non-hydrogen) atoms. The van der Waals surface area contributed by atoms with Gasteiger partial charge in [0.05, 0.1) is 24.0 Å². The summed E-state index contributed by atoms with van der Waals surface area (Å²) in [5.74, 6) is -0.762. The molecule has 10 heteroatoms.